The fourth-order valence-electron chi connectivity index (χ4n) is 0.0556. The van der Waals surface area contributed by atoms with Gasteiger partial charge >= 0.3 is 0 Å². The van der Waals surface area contributed by atoms with E-state index in [0.717, 1.165) is 0 Å². The molecule has 0 rings (SSSR count). The van der Waals surface area contributed by atoms with Crippen molar-refractivity contribution >= 4 is 0 Å². The molecule has 0 amide bonds. The molecule has 0 N–H and O–H groups in total. The van der Waals surface area contributed by atoms with Gasteiger partial charge in [0.15, 0.2) is 0 Å². The molecule has 0 heterocycles. The number of hydrogen-bond acceptors (Lipinski definition) is 0. The molecule has 0 heteroatoms. The van der Waals surface area contributed by atoms with Crippen LogP contribution in [-0.4, -0.2) is 0 Å². The van der Waals surface area contributed by atoms with E-state index in [1.165, 1.54) is 6.08 Å². The molecule has 0 aromatic rings. The highest BCUT2D eigenvalue weighted by Gasteiger charge is 1.79. The lowest BCUT2D eigenvalue weighted by Gasteiger charge is -1.84. The fourth-order valence-corrected chi connectivity index (χ4v) is 0.0556. The van der Waals surface area contributed by atoms with Crippen molar-refractivity contribution in [3.63, 3.8) is 0 Å². The van der Waals surface area contributed by atoms with E-state index < -0.39 is 0 Å². The molecule has 1 atom stereocenters. The largest absolute Gasteiger partial charge is 0.119 e. The monoisotopic (exact) mass is 79.1 g/mol. The average molecular weight is 79.1 g/mol. The Bertz CT molecular complexity index is 74.5. The third-order valence-corrected chi connectivity index (χ3v) is 0.552. The highest BCUT2D eigenvalue weighted by atomic mass is 13.8. The van der Waals surface area contributed by atoms with Gasteiger partial charge in [-0.15, -0.1) is 6.42 Å². The zero-order chi connectivity index (χ0) is 4.99. The van der Waals surface area contributed by atoms with Crippen LogP contribution in [0.4, 0.5) is 0 Å². The molecule has 1 unspecified atom stereocenters. The molecule has 0 saturated carbocycles. The molecule has 0 aliphatic carbocycles. The highest BCUT2D eigenvalue weighted by molar-refractivity contribution is 4.98. The van der Waals surface area contributed by atoms with Gasteiger partial charge in [-0.3, -0.25) is 0 Å². The summed E-state index contributed by atoms with van der Waals surface area (Å²) in [6.45, 7) is 6.88. The fraction of sp³-hybridized carbons (Fsp3) is 0.333. The third kappa shape index (κ3) is 1.60. The average Bonchev–Trinajstić information content (AvgIpc) is 1.65. The van der Waals surface area contributed by atoms with Crippen molar-refractivity contribution in [3.8, 4) is 12.3 Å². The van der Waals surface area contributed by atoms with Crippen molar-refractivity contribution in [3.05, 3.63) is 12.7 Å². The molecule has 0 bridgehead atoms. The summed E-state index contributed by atoms with van der Waals surface area (Å²) in [7, 11) is 0. The van der Waals surface area contributed by atoms with Crippen molar-refractivity contribution in [2.24, 2.45) is 5.92 Å². The zero-order valence-electron chi connectivity index (χ0n) is 3.81. The standard InChI is InChI=1S/C6H7/c1-4-6(3)5-2/h1-2,4,6H,3H3. The smallest absolute Gasteiger partial charge is 0.0354 e. The maximum Gasteiger partial charge on any atom is 0.0354 e. The van der Waals surface area contributed by atoms with Crippen molar-refractivity contribution in [2.45, 2.75) is 6.92 Å². The van der Waals surface area contributed by atoms with Gasteiger partial charge < -0.3 is 0 Å². The first kappa shape index (κ1) is 5.30. The zero-order valence-corrected chi connectivity index (χ0v) is 3.81. The van der Waals surface area contributed by atoms with Crippen LogP contribution in [0.3, 0.4) is 0 Å². The van der Waals surface area contributed by atoms with Crippen LogP contribution in [0.1, 0.15) is 6.92 Å². The quantitative estimate of drug-likeness (QED) is 0.415. The van der Waals surface area contributed by atoms with Gasteiger partial charge in [-0.05, 0) is 6.92 Å². The Morgan fingerprint density at radius 1 is 1.83 bits per heavy atom. The van der Waals surface area contributed by atoms with Crippen molar-refractivity contribution in [1.82, 2.24) is 0 Å². The van der Waals surface area contributed by atoms with Crippen LogP contribution < -0.4 is 0 Å². The van der Waals surface area contributed by atoms with Gasteiger partial charge in [-0.1, -0.05) is 18.6 Å². The van der Waals surface area contributed by atoms with Gasteiger partial charge in [0.05, 0.1) is 0 Å². The Kier molecular flexibility index (Phi) is 2.24. The van der Waals surface area contributed by atoms with E-state index in [2.05, 4.69) is 5.92 Å². The summed E-state index contributed by atoms with van der Waals surface area (Å²) in [5.41, 5.74) is 0. The van der Waals surface area contributed by atoms with Gasteiger partial charge in [0, 0.05) is 5.92 Å². The summed E-state index contributed by atoms with van der Waals surface area (Å²) in [5, 5.41) is 0. The summed E-state index contributed by atoms with van der Waals surface area (Å²) >= 11 is 0. The minimum Gasteiger partial charge on any atom is -0.119 e. The predicted octanol–water partition coefficient (Wildman–Crippen LogP) is 1.24. The molecular weight excluding hydrogens is 72.1 g/mol. The van der Waals surface area contributed by atoms with Gasteiger partial charge in [-0.2, -0.15) is 0 Å². The molecule has 0 aromatic heterocycles. The van der Waals surface area contributed by atoms with Crippen LogP contribution in [-0.2, 0) is 0 Å². The van der Waals surface area contributed by atoms with E-state index in [0.29, 0.717) is 0 Å². The van der Waals surface area contributed by atoms with Crippen molar-refractivity contribution in [2.75, 3.05) is 0 Å². The number of rotatable bonds is 1. The first-order valence-corrected chi connectivity index (χ1v) is 1.82. The van der Waals surface area contributed by atoms with Gasteiger partial charge in [0.25, 0.3) is 0 Å². The van der Waals surface area contributed by atoms with Crippen LogP contribution in [0, 0.1) is 24.8 Å². The molecule has 0 aromatic carbocycles. The Balaban J connectivity index is 3.30. The first-order chi connectivity index (χ1) is 2.81. The van der Waals surface area contributed by atoms with E-state index in [9.17, 15) is 0 Å². The SMILES string of the molecule is [CH]=CC(C)C#C. The van der Waals surface area contributed by atoms with Gasteiger partial charge in [-0.25, -0.2) is 0 Å². The Morgan fingerprint density at radius 2 is 2.33 bits per heavy atom. The molecule has 6 heavy (non-hydrogen) atoms. The number of hydrogen-bond donors (Lipinski definition) is 0. The molecular formula is C6H7. The minimum atomic E-state index is 0.116. The van der Waals surface area contributed by atoms with Crippen LogP contribution in [0.5, 0.6) is 0 Å². The first-order valence-electron chi connectivity index (χ1n) is 1.82. The Labute approximate surface area is 38.9 Å². The number of allylic oxidation sites excluding steroid dienone is 1. The molecule has 0 nitrogen and oxygen atoms in total. The summed E-state index contributed by atoms with van der Waals surface area (Å²) in [4.78, 5) is 0. The maximum atomic E-state index is 5.02. The van der Waals surface area contributed by atoms with Crippen LogP contribution >= 0.6 is 0 Å². The Morgan fingerprint density at radius 3 is 2.33 bits per heavy atom. The van der Waals surface area contributed by atoms with E-state index >= 15 is 0 Å². The highest BCUT2D eigenvalue weighted by Crippen LogP contribution is 1.87. The third-order valence-electron chi connectivity index (χ3n) is 0.552. The molecule has 0 spiro atoms. The Hall–Kier alpha value is -0.700. The number of terminal acetylenes is 1. The summed E-state index contributed by atoms with van der Waals surface area (Å²) in [6, 6.07) is 0. The van der Waals surface area contributed by atoms with Crippen LogP contribution in [0.25, 0.3) is 0 Å². The second kappa shape index (κ2) is 2.53. The summed E-state index contributed by atoms with van der Waals surface area (Å²) < 4.78 is 0. The van der Waals surface area contributed by atoms with E-state index in [-0.39, 0.29) is 5.92 Å². The topological polar surface area (TPSA) is 0 Å². The minimum absolute atomic E-state index is 0.116. The molecule has 31 valence electrons. The van der Waals surface area contributed by atoms with E-state index in [1.807, 2.05) is 6.92 Å². The van der Waals surface area contributed by atoms with E-state index in [4.69, 9.17) is 13.0 Å². The van der Waals surface area contributed by atoms with Crippen molar-refractivity contribution < 1.29 is 0 Å². The maximum absolute atomic E-state index is 5.02. The lowest BCUT2D eigenvalue weighted by Crippen LogP contribution is -1.76. The molecule has 0 fully saturated rings. The summed E-state index contributed by atoms with van der Waals surface area (Å²) in [6.07, 6.45) is 6.41. The van der Waals surface area contributed by atoms with Crippen molar-refractivity contribution in [1.29, 1.82) is 0 Å². The predicted molar refractivity (Wildman–Crippen MR) is 26.9 cm³/mol. The lowest BCUT2D eigenvalue weighted by atomic mass is 10.2. The van der Waals surface area contributed by atoms with E-state index in [1.54, 1.807) is 0 Å². The molecule has 1 radical (unpaired) electrons. The van der Waals surface area contributed by atoms with Crippen LogP contribution in [0.15, 0.2) is 6.08 Å². The van der Waals surface area contributed by atoms with Crippen LogP contribution in [0.2, 0.25) is 0 Å². The van der Waals surface area contributed by atoms with Gasteiger partial charge in [0.2, 0.25) is 0 Å². The molecule has 0 saturated heterocycles. The lowest BCUT2D eigenvalue weighted by molar-refractivity contribution is 0.984. The second-order valence-electron chi connectivity index (χ2n) is 1.15. The molecule has 0 aliphatic heterocycles. The second-order valence-corrected chi connectivity index (χ2v) is 1.15. The summed E-state index contributed by atoms with van der Waals surface area (Å²) in [5.74, 6) is 2.55. The normalized spacial score (nSPS) is 12.0. The molecule has 0 aliphatic rings. The van der Waals surface area contributed by atoms with Gasteiger partial charge in [0.1, 0.15) is 0 Å².